The quantitative estimate of drug-likeness (QED) is 0.367. The Labute approximate surface area is 227 Å². The molecule has 0 spiro atoms. The number of carbonyl (C=O) groups excluding carboxylic acids is 2. The fourth-order valence-electron chi connectivity index (χ4n) is 3.78. The molecule has 0 saturated carbocycles. The van der Waals surface area contributed by atoms with Gasteiger partial charge in [0.25, 0.3) is 10.0 Å². The molecule has 0 fully saturated rings. The summed E-state index contributed by atoms with van der Waals surface area (Å²) in [6.45, 7) is 6.88. The number of sulfonamides is 1. The highest BCUT2D eigenvalue weighted by Gasteiger charge is 2.32. The normalized spacial score (nSPS) is 12.2. The van der Waals surface area contributed by atoms with Gasteiger partial charge in [-0.1, -0.05) is 64.0 Å². The van der Waals surface area contributed by atoms with Crippen LogP contribution in [0.15, 0.2) is 88.2 Å². The molecule has 9 heteroatoms. The van der Waals surface area contributed by atoms with Gasteiger partial charge in [-0.05, 0) is 69.7 Å². The summed E-state index contributed by atoms with van der Waals surface area (Å²) in [6, 6.07) is 21.5. The van der Waals surface area contributed by atoms with Crippen molar-refractivity contribution in [1.29, 1.82) is 0 Å². The van der Waals surface area contributed by atoms with Gasteiger partial charge in [0, 0.05) is 17.1 Å². The van der Waals surface area contributed by atoms with Gasteiger partial charge < -0.3 is 10.2 Å². The van der Waals surface area contributed by atoms with Crippen molar-refractivity contribution in [3.05, 3.63) is 94.5 Å². The topological polar surface area (TPSA) is 86.8 Å². The first-order chi connectivity index (χ1) is 17.5. The number of amides is 2. The summed E-state index contributed by atoms with van der Waals surface area (Å²) in [6.07, 6.45) is 0. The Morgan fingerprint density at radius 3 is 2.16 bits per heavy atom. The van der Waals surface area contributed by atoms with E-state index < -0.39 is 28.5 Å². The van der Waals surface area contributed by atoms with Gasteiger partial charge in [-0.15, -0.1) is 0 Å². The van der Waals surface area contributed by atoms with Crippen molar-refractivity contribution in [3.63, 3.8) is 0 Å². The van der Waals surface area contributed by atoms with Crippen LogP contribution in [-0.2, 0) is 26.2 Å². The van der Waals surface area contributed by atoms with Gasteiger partial charge in [0.1, 0.15) is 12.6 Å². The predicted molar refractivity (Wildman–Crippen MR) is 150 cm³/mol. The van der Waals surface area contributed by atoms with Crippen LogP contribution < -0.4 is 9.62 Å². The molecule has 0 saturated heterocycles. The largest absolute Gasteiger partial charge is 0.352 e. The van der Waals surface area contributed by atoms with E-state index in [1.165, 1.54) is 17.0 Å². The molecular formula is C28H32BrN3O4S. The Hall–Kier alpha value is -3.17. The van der Waals surface area contributed by atoms with E-state index >= 15 is 0 Å². The van der Waals surface area contributed by atoms with Crippen LogP contribution in [0.25, 0.3) is 0 Å². The molecule has 3 aromatic rings. The number of carbonyl (C=O) groups is 2. The highest BCUT2D eigenvalue weighted by molar-refractivity contribution is 9.10. The number of aryl methyl sites for hydroxylation is 1. The number of para-hydroxylation sites is 1. The smallest absolute Gasteiger partial charge is 0.264 e. The molecule has 0 aliphatic rings. The van der Waals surface area contributed by atoms with Gasteiger partial charge in [0.05, 0.1) is 10.6 Å². The second-order valence-corrected chi connectivity index (χ2v) is 11.9. The van der Waals surface area contributed by atoms with Crippen molar-refractivity contribution < 1.29 is 18.0 Å². The first-order valence-electron chi connectivity index (χ1n) is 12.0. The zero-order valence-corrected chi connectivity index (χ0v) is 23.8. The molecule has 0 bridgehead atoms. The maximum absolute atomic E-state index is 13.8. The maximum atomic E-state index is 13.8. The van der Waals surface area contributed by atoms with Gasteiger partial charge in [0.15, 0.2) is 0 Å². The average Bonchev–Trinajstić information content (AvgIpc) is 2.85. The fourth-order valence-corrected chi connectivity index (χ4v) is 5.64. The van der Waals surface area contributed by atoms with Gasteiger partial charge in [-0.3, -0.25) is 13.9 Å². The van der Waals surface area contributed by atoms with E-state index in [1.54, 1.807) is 49.4 Å². The molecule has 0 radical (unpaired) electrons. The van der Waals surface area contributed by atoms with Crippen LogP contribution in [0, 0.1) is 6.92 Å². The number of nitrogens with zero attached hydrogens (tertiary/aromatic N) is 2. The second kappa shape index (κ2) is 12.4. The van der Waals surface area contributed by atoms with Crippen molar-refractivity contribution in [2.24, 2.45) is 0 Å². The monoisotopic (exact) mass is 585 g/mol. The van der Waals surface area contributed by atoms with Crippen LogP contribution in [0.5, 0.6) is 0 Å². The van der Waals surface area contributed by atoms with Crippen molar-refractivity contribution in [1.82, 2.24) is 10.2 Å². The number of hydrogen-bond donors (Lipinski definition) is 1. The summed E-state index contributed by atoms with van der Waals surface area (Å²) >= 11 is 3.45. The van der Waals surface area contributed by atoms with Crippen molar-refractivity contribution in [2.45, 2.75) is 51.2 Å². The van der Waals surface area contributed by atoms with E-state index in [0.29, 0.717) is 5.69 Å². The molecular weight excluding hydrogens is 554 g/mol. The number of anilines is 1. The summed E-state index contributed by atoms with van der Waals surface area (Å²) in [4.78, 5) is 28.2. The lowest BCUT2D eigenvalue weighted by Gasteiger charge is -2.32. The number of benzene rings is 3. The molecule has 7 nitrogen and oxygen atoms in total. The van der Waals surface area contributed by atoms with E-state index in [4.69, 9.17) is 0 Å². The zero-order valence-electron chi connectivity index (χ0n) is 21.4. The van der Waals surface area contributed by atoms with Crippen LogP contribution in [0.2, 0.25) is 0 Å². The van der Waals surface area contributed by atoms with Crippen LogP contribution in [0.1, 0.15) is 31.9 Å². The number of rotatable bonds is 10. The van der Waals surface area contributed by atoms with E-state index in [0.717, 1.165) is 19.9 Å². The van der Waals surface area contributed by atoms with Crippen LogP contribution in [0.4, 0.5) is 5.69 Å². The minimum atomic E-state index is -4.07. The third kappa shape index (κ3) is 7.42. The lowest BCUT2D eigenvalue weighted by Crippen LogP contribution is -2.52. The lowest BCUT2D eigenvalue weighted by molar-refractivity contribution is -0.139. The van der Waals surface area contributed by atoms with Crippen molar-refractivity contribution >= 4 is 43.5 Å². The molecule has 37 heavy (non-hydrogen) atoms. The SMILES string of the molecule is Cc1ccc(S(=O)(=O)N(CC(=O)N(Cc2cccc(Br)c2)[C@@H](C)C(=O)NC(C)C)c2ccccc2)cc1. The number of halogens is 1. The minimum absolute atomic E-state index is 0.0823. The first-order valence-corrected chi connectivity index (χ1v) is 14.2. The Bertz CT molecular complexity index is 1330. The molecule has 0 heterocycles. The third-order valence-corrected chi connectivity index (χ3v) is 8.05. The minimum Gasteiger partial charge on any atom is -0.352 e. The molecule has 1 atom stereocenters. The van der Waals surface area contributed by atoms with Crippen molar-refractivity contribution in [3.8, 4) is 0 Å². The standard InChI is InChI=1S/C28H32BrN3O4S/c1-20(2)30-28(34)22(4)31(18-23-9-8-10-24(29)17-23)27(33)19-32(25-11-6-5-7-12-25)37(35,36)26-15-13-21(3)14-16-26/h5-17,20,22H,18-19H2,1-4H3,(H,30,34)/t22-/m0/s1. The molecule has 196 valence electrons. The summed E-state index contributed by atoms with van der Waals surface area (Å²) < 4.78 is 29.4. The Kier molecular flexibility index (Phi) is 9.50. The first kappa shape index (κ1) is 28.4. The zero-order chi connectivity index (χ0) is 27.2. The van der Waals surface area contributed by atoms with E-state index in [9.17, 15) is 18.0 Å². The Balaban J connectivity index is 2.00. The molecule has 0 aromatic heterocycles. The molecule has 3 aromatic carbocycles. The van der Waals surface area contributed by atoms with Crippen molar-refractivity contribution in [2.75, 3.05) is 10.8 Å². The lowest BCUT2D eigenvalue weighted by atomic mass is 10.1. The van der Waals surface area contributed by atoms with E-state index in [2.05, 4.69) is 21.2 Å². The fraction of sp³-hybridized carbons (Fsp3) is 0.286. The summed E-state index contributed by atoms with van der Waals surface area (Å²) in [5.41, 5.74) is 2.09. The summed E-state index contributed by atoms with van der Waals surface area (Å²) in [7, 11) is -4.07. The molecule has 3 rings (SSSR count). The van der Waals surface area contributed by atoms with Crippen LogP contribution in [0.3, 0.4) is 0 Å². The number of hydrogen-bond acceptors (Lipinski definition) is 4. The highest BCUT2D eigenvalue weighted by atomic mass is 79.9. The molecule has 0 aliphatic carbocycles. The number of nitrogens with one attached hydrogen (secondary N) is 1. The van der Waals surface area contributed by atoms with Gasteiger partial charge in [0.2, 0.25) is 11.8 Å². The summed E-state index contributed by atoms with van der Waals surface area (Å²) in [5.74, 6) is -0.808. The van der Waals surface area contributed by atoms with Gasteiger partial charge in [-0.25, -0.2) is 8.42 Å². The second-order valence-electron chi connectivity index (χ2n) is 9.15. The molecule has 1 N–H and O–H groups in total. The Morgan fingerprint density at radius 1 is 0.919 bits per heavy atom. The van der Waals surface area contributed by atoms with Crippen LogP contribution >= 0.6 is 15.9 Å². The Morgan fingerprint density at radius 2 is 1.57 bits per heavy atom. The average molecular weight is 587 g/mol. The molecule has 2 amide bonds. The predicted octanol–water partition coefficient (Wildman–Crippen LogP) is 4.89. The third-order valence-electron chi connectivity index (χ3n) is 5.77. The summed E-state index contributed by atoms with van der Waals surface area (Å²) in [5, 5.41) is 2.85. The highest BCUT2D eigenvalue weighted by Crippen LogP contribution is 2.25. The molecule has 0 aliphatic heterocycles. The van der Waals surface area contributed by atoms with Gasteiger partial charge >= 0.3 is 0 Å². The van der Waals surface area contributed by atoms with Crippen LogP contribution in [-0.4, -0.2) is 43.8 Å². The maximum Gasteiger partial charge on any atom is 0.264 e. The van der Waals surface area contributed by atoms with Gasteiger partial charge in [-0.2, -0.15) is 0 Å². The van der Waals surface area contributed by atoms with E-state index in [1.807, 2.05) is 45.0 Å². The van der Waals surface area contributed by atoms with E-state index in [-0.39, 0.29) is 23.4 Å². The molecule has 0 unspecified atom stereocenters.